The van der Waals surface area contributed by atoms with Gasteiger partial charge in [0.05, 0.1) is 16.4 Å². The molecule has 4 rings (SSSR count). The van der Waals surface area contributed by atoms with E-state index in [4.69, 9.17) is 34.8 Å². The highest BCUT2D eigenvalue weighted by Crippen LogP contribution is 2.33. The fourth-order valence-corrected chi connectivity index (χ4v) is 4.26. The summed E-state index contributed by atoms with van der Waals surface area (Å²) in [5.74, 6) is 0.454. The molecule has 1 amide bonds. The van der Waals surface area contributed by atoms with Gasteiger partial charge in [0, 0.05) is 34.1 Å². The molecule has 4 aromatic rings. The van der Waals surface area contributed by atoms with E-state index < -0.39 is 0 Å². The molecular weight excluding hydrogens is 497 g/mol. The zero-order valence-corrected chi connectivity index (χ0v) is 20.6. The van der Waals surface area contributed by atoms with Crippen molar-refractivity contribution in [3.05, 3.63) is 74.6 Å². The van der Waals surface area contributed by atoms with Crippen LogP contribution in [0, 0.1) is 6.92 Å². The van der Waals surface area contributed by atoms with Crippen LogP contribution in [0.4, 0.5) is 0 Å². The fourth-order valence-electron chi connectivity index (χ4n) is 3.64. The molecule has 2 N–H and O–H groups in total. The van der Waals surface area contributed by atoms with Crippen LogP contribution in [0.1, 0.15) is 41.1 Å². The van der Waals surface area contributed by atoms with Crippen LogP contribution in [0.15, 0.2) is 42.5 Å². The second kappa shape index (κ2) is 11.0. The van der Waals surface area contributed by atoms with E-state index in [1.165, 1.54) is 0 Å². The van der Waals surface area contributed by atoms with Crippen molar-refractivity contribution in [2.45, 2.75) is 32.6 Å². The molecule has 2 aromatic carbocycles. The van der Waals surface area contributed by atoms with Crippen molar-refractivity contribution in [1.29, 1.82) is 0 Å². The lowest BCUT2D eigenvalue weighted by Gasteiger charge is -2.11. The third-order valence-electron chi connectivity index (χ3n) is 5.34. The molecule has 0 radical (unpaired) electrons. The molecule has 2 heterocycles. The summed E-state index contributed by atoms with van der Waals surface area (Å²) >= 11 is 18.6. The number of aromatic amines is 1. The number of carbonyl (C=O) groups is 1. The molecule has 0 saturated carbocycles. The van der Waals surface area contributed by atoms with Crippen molar-refractivity contribution in [3.63, 3.8) is 0 Å². The van der Waals surface area contributed by atoms with Crippen LogP contribution in [0.5, 0.6) is 0 Å². The summed E-state index contributed by atoms with van der Waals surface area (Å²) in [5.41, 5.74) is 3.32. The lowest BCUT2D eigenvalue weighted by molar-refractivity contribution is 0.0947. The third kappa shape index (κ3) is 5.58. The van der Waals surface area contributed by atoms with Crippen molar-refractivity contribution in [3.8, 4) is 16.9 Å². The van der Waals surface area contributed by atoms with Gasteiger partial charge in [-0.2, -0.15) is 10.3 Å². The van der Waals surface area contributed by atoms with Gasteiger partial charge in [-0.15, -0.1) is 10.2 Å². The standard InChI is InChI=1S/C23H22Cl3N7O/c1-14-21(23(34)27-12-4-2-3-5-20-28-31-32-29-20)30-33(19-11-10-17(25)13-18(19)26)22(14)15-6-8-16(24)9-7-15/h6-11,13H,2-5,12H2,1H3,(H,27,34)(H,28,29,31,32). The van der Waals surface area contributed by atoms with E-state index in [2.05, 4.69) is 31.0 Å². The largest absolute Gasteiger partial charge is 0.351 e. The Morgan fingerprint density at radius 3 is 2.50 bits per heavy atom. The molecule has 0 aliphatic carbocycles. The highest BCUT2D eigenvalue weighted by molar-refractivity contribution is 6.35. The van der Waals surface area contributed by atoms with Gasteiger partial charge in [-0.1, -0.05) is 58.6 Å². The average Bonchev–Trinajstić information content (AvgIpc) is 3.45. The van der Waals surface area contributed by atoms with Crippen LogP contribution >= 0.6 is 34.8 Å². The topological polar surface area (TPSA) is 101 Å². The maximum Gasteiger partial charge on any atom is 0.272 e. The van der Waals surface area contributed by atoms with Crippen molar-refractivity contribution < 1.29 is 4.79 Å². The molecule has 0 spiro atoms. The molecular formula is C23H22Cl3N7O. The number of benzene rings is 2. The normalized spacial score (nSPS) is 11.1. The first-order chi connectivity index (χ1) is 16.4. The number of halogens is 3. The zero-order valence-electron chi connectivity index (χ0n) is 18.4. The summed E-state index contributed by atoms with van der Waals surface area (Å²) in [4.78, 5) is 13.0. The molecule has 0 aliphatic heterocycles. The molecule has 8 nitrogen and oxygen atoms in total. The number of hydrogen-bond donors (Lipinski definition) is 2. The van der Waals surface area contributed by atoms with E-state index in [1.807, 2.05) is 19.1 Å². The summed E-state index contributed by atoms with van der Waals surface area (Å²) in [5, 5.41) is 23.0. The Morgan fingerprint density at radius 2 is 1.79 bits per heavy atom. The number of amides is 1. The summed E-state index contributed by atoms with van der Waals surface area (Å²) in [6.45, 7) is 2.41. The van der Waals surface area contributed by atoms with Crippen LogP contribution in [0.25, 0.3) is 16.9 Å². The number of nitrogens with zero attached hydrogens (tertiary/aromatic N) is 5. The predicted octanol–water partition coefficient (Wildman–Crippen LogP) is 5.46. The number of rotatable bonds is 9. The minimum atomic E-state index is -0.241. The van der Waals surface area contributed by atoms with E-state index in [9.17, 15) is 4.79 Å². The summed E-state index contributed by atoms with van der Waals surface area (Å²) < 4.78 is 1.68. The summed E-state index contributed by atoms with van der Waals surface area (Å²) in [7, 11) is 0. The first-order valence-electron chi connectivity index (χ1n) is 10.8. The van der Waals surface area contributed by atoms with Gasteiger partial charge >= 0.3 is 0 Å². The summed E-state index contributed by atoms with van der Waals surface area (Å²) in [6.07, 6.45) is 3.42. The quantitative estimate of drug-likeness (QED) is 0.286. The molecule has 0 bridgehead atoms. The molecule has 34 heavy (non-hydrogen) atoms. The predicted molar refractivity (Wildman–Crippen MR) is 133 cm³/mol. The Hall–Kier alpha value is -2.94. The molecule has 0 aliphatic rings. The minimum absolute atomic E-state index is 0.241. The van der Waals surface area contributed by atoms with Crippen molar-refractivity contribution in [2.24, 2.45) is 0 Å². The van der Waals surface area contributed by atoms with Gasteiger partial charge in [0.2, 0.25) is 0 Å². The maximum atomic E-state index is 13.0. The SMILES string of the molecule is Cc1c(C(=O)NCCCCCc2nn[nH]n2)nn(-c2ccc(Cl)cc2Cl)c1-c1ccc(Cl)cc1. The molecule has 11 heteroatoms. The van der Waals surface area contributed by atoms with E-state index in [1.54, 1.807) is 35.0 Å². The van der Waals surface area contributed by atoms with E-state index in [-0.39, 0.29) is 5.91 Å². The van der Waals surface area contributed by atoms with Crippen molar-refractivity contribution in [2.75, 3.05) is 6.54 Å². The van der Waals surface area contributed by atoms with Gasteiger partial charge in [0.25, 0.3) is 5.91 Å². The van der Waals surface area contributed by atoms with E-state index in [0.29, 0.717) is 38.8 Å². The van der Waals surface area contributed by atoms with Gasteiger partial charge < -0.3 is 5.32 Å². The molecule has 0 unspecified atom stereocenters. The minimum Gasteiger partial charge on any atom is -0.351 e. The maximum absolute atomic E-state index is 13.0. The van der Waals surface area contributed by atoms with Gasteiger partial charge in [-0.25, -0.2) is 4.68 Å². The molecule has 2 aromatic heterocycles. The number of H-pyrrole nitrogens is 1. The van der Waals surface area contributed by atoms with Crippen LogP contribution < -0.4 is 5.32 Å². The monoisotopic (exact) mass is 517 g/mol. The Bertz CT molecular complexity index is 1270. The Labute approximate surface area is 211 Å². The molecule has 176 valence electrons. The first-order valence-corrected chi connectivity index (χ1v) is 11.9. The lowest BCUT2D eigenvalue weighted by atomic mass is 10.1. The zero-order chi connectivity index (χ0) is 24.1. The van der Waals surface area contributed by atoms with E-state index in [0.717, 1.165) is 42.5 Å². The number of hydrogen-bond acceptors (Lipinski definition) is 5. The number of nitrogens with one attached hydrogen (secondary N) is 2. The highest BCUT2D eigenvalue weighted by atomic mass is 35.5. The molecule has 0 fully saturated rings. The van der Waals surface area contributed by atoms with Crippen LogP contribution in [0.2, 0.25) is 15.1 Å². The van der Waals surface area contributed by atoms with Gasteiger partial charge in [-0.3, -0.25) is 4.79 Å². The van der Waals surface area contributed by atoms with Crippen LogP contribution in [-0.4, -0.2) is 42.9 Å². The number of aromatic nitrogens is 6. The van der Waals surface area contributed by atoms with Crippen molar-refractivity contribution in [1.82, 2.24) is 35.7 Å². The van der Waals surface area contributed by atoms with Gasteiger partial charge in [-0.05, 0) is 50.1 Å². The average molecular weight is 519 g/mol. The fraction of sp³-hybridized carbons (Fsp3) is 0.261. The van der Waals surface area contributed by atoms with Crippen molar-refractivity contribution >= 4 is 40.7 Å². The molecule has 0 atom stereocenters. The molecule has 0 saturated heterocycles. The number of unbranched alkanes of at least 4 members (excludes halogenated alkanes) is 2. The second-order valence-corrected chi connectivity index (χ2v) is 9.01. The summed E-state index contributed by atoms with van der Waals surface area (Å²) in [6, 6.07) is 12.5. The van der Waals surface area contributed by atoms with Gasteiger partial charge in [0.1, 0.15) is 0 Å². The van der Waals surface area contributed by atoms with Crippen LogP contribution in [0.3, 0.4) is 0 Å². The van der Waals surface area contributed by atoms with Crippen LogP contribution in [-0.2, 0) is 6.42 Å². The highest BCUT2D eigenvalue weighted by Gasteiger charge is 2.23. The number of tetrazole rings is 1. The first kappa shape index (κ1) is 24.2. The Kier molecular flexibility index (Phi) is 7.82. The Morgan fingerprint density at radius 1 is 1.03 bits per heavy atom. The lowest BCUT2D eigenvalue weighted by Crippen LogP contribution is -2.25. The second-order valence-electron chi connectivity index (χ2n) is 7.73. The third-order valence-corrected chi connectivity index (χ3v) is 6.13. The smallest absolute Gasteiger partial charge is 0.272 e. The van der Waals surface area contributed by atoms with E-state index >= 15 is 0 Å². The Balaban J connectivity index is 1.52. The van der Waals surface area contributed by atoms with Gasteiger partial charge in [0.15, 0.2) is 11.5 Å². The number of carbonyl (C=O) groups excluding carboxylic acids is 1. The number of aryl methyl sites for hydroxylation is 1.